The van der Waals surface area contributed by atoms with E-state index in [1.807, 2.05) is 79.7 Å². The summed E-state index contributed by atoms with van der Waals surface area (Å²) >= 11 is 0. The molecule has 6 heteroatoms. The van der Waals surface area contributed by atoms with Crippen LogP contribution in [0.25, 0.3) is 11.1 Å². The van der Waals surface area contributed by atoms with Crippen LogP contribution >= 0.6 is 0 Å². The highest BCUT2D eigenvalue weighted by Crippen LogP contribution is 2.17. The summed E-state index contributed by atoms with van der Waals surface area (Å²) in [5.41, 5.74) is 11.5. The first-order valence-electron chi connectivity index (χ1n) is 12.2. The third-order valence-electron chi connectivity index (χ3n) is 5.27. The zero-order chi connectivity index (χ0) is 28.9. The number of nitrogens with two attached hydrogens (primary N) is 1. The van der Waals surface area contributed by atoms with Gasteiger partial charge in [0, 0.05) is 24.0 Å². The van der Waals surface area contributed by atoms with E-state index in [-0.39, 0.29) is 12.5 Å². The Bertz CT molecular complexity index is 1310. The number of carbonyl (C=O) groups excluding carboxylic acids is 1. The van der Waals surface area contributed by atoms with Gasteiger partial charge in [0.2, 0.25) is 0 Å². The number of aryl methyl sites for hydroxylation is 2. The lowest BCUT2D eigenvalue weighted by molar-refractivity contribution is -0.137. The van der Waals surface area contributed by atoms with Gasteiger partial charge in [0.15, 0.2) is 0 Å². The van der Waals surface area contributed by atoms with E-state index in [1.54, 1.807) is 30.6 Å². The quantitative estimate of drug-likeness (QED) is 0.225. The Hall–Kier alpha value is -5.04. The van der Waals surface area contributed by atoms with Crippen LogP contribution in [0.15, 0.2) is 103 Å². The van der Waals surface area contributed by atoms with Crippen LogP contribution in [0.1, 0.15) is 39.9 Å². The van der Waals surface area contributed by atoms with Gasteiger partial charge in [-0.1, -0.05) is 72.8 Å². The van der Waals surface area contributed by atoms with Gasteiger partial charge in [-0.25, -0.2) is 0 Å². The smallest absolute Gasteiger partial charge is 0.304 e. The lowest BCUT2D eigenvalue weighted by Crippen LogP contribution is -2.24. The van der Waals surface area contributed by atoms with Crippen molar-refractivity contribution in [3.05, 3.63) is 126 Å². The summed E-state index contributed by atoms with van der Waals surface area (Å²) in [4.78, 5) is 24.8. The number of rotatable bonds is 7. The van der Waals surface area contributed by atoms with Crippen LogP contribution in [0.5, 0.6) is 0 Å². The standard InChI is InChI=1S/C12H9NO.C11H15NO2.C8H7N.C2H2/c14-9-10-3-5-11(6-4-10)12-2-1-7-13-8-12;12-10(8-11(13)14)7-6-9-4-2-1-3-5-9;1-7-3-2-4-8(5-7)6-9;1-2/h1-9H;1-5,10H,6-8,12H2,(H,13,14);2-5H,1H3;1-2H/t;10-;;/m.1../s1. The summed E-state index contributed by atoms with van der Waals surface area (Å²) in [5, 5.41) is 16.9. The van der Waals surface area contributed by atoms with Crippen LogP contribution in [0, 0.1) is 31.1 Å². The Morgan fingerprint density at radius 3 is 2.21 bits per heavy atom. The zero-order valence-corrected chi connectivity index (χ0v) is 22.0. The molecule has 0 amide bonds. The number of aromatic nitrogens is 1. The van der Waals surface area contributed by atoms with Crippen molar-refractivity contribution in [1.29, 1.82) is 5.26 Å². The number of benzene rings is 3. The fraction of sp³-hybridized carbons (Fsp3) is 0.152. The van der Waals surface area contributed by atoms with Crippen molar-refractivity contribution >= 4 is 12.3 Å². The molecule has 3 aromatic carbocycles. The number of nitrogens with zero attached hydrogens (tertiary/aromatic N) is 2. The maximum Gasteiger partial charge on any atom is 0.304 e. The van der Waals surface area contributed by atoms with Crippen molar-refractivity contribution < 1.29 is 14.7 Å². The summed E-state index contributed by atoms with van der Waals surface area (Å²) in [6, 6.07) is 30.6. The molecule has 1 heterocycles. The molecule has 0 spiro atoms. The molecule has 39 heavy (non-hydrogen) atoms. The second-order valence-electron chi connectivity index (χ2n) is 8.35. The largest absolute Gasteiger partial charge is 0.481 e. The number of pyridine rings is 1. The third-order valence-corrected chi connectivity index (χ3v) is 5.27. The maximum absolute atomic E-state index is 10.4. The first-order chi connectivity index (χ1) is 18.9. The highest BCUT2D eigenvalue weighted by Gasteiger charge is 2.07. The number of carboxylic acid groups (broad SMARTS) is 1. The Balaban J connectivity index is 0.000000290. The van der Waals surface area contributed by atoms with E-state index < -0.39 is 5.97 Å². The highest BCUT2D eigenvalue weighted by molar-refractivity contribution is 5.76. The minimum Gasteiger partial charge on any atom is -0.481 e. The van der Waals surface area contributed by atoms with Crippen molar-refractivity contribution in [3.63, 3.8) is 0 Å². The Morgan fingerprint density at radius 1 is 1.00 bits per heavy atom. The van der Waals surface area contributed by atoms with Crippen LogP contribution < -0.4 is 5.73 Å². The fourth-order valence-electron chi connectivity index (χ4n) is 3.33. The Morgan fingerprint density at radius 2 is 1.69 bits per heavy atom. The molecule has 6 nitrogen and oxygen atoms in total. The monoisotopic (exact) mass is 519 g/mol. The molecule has 0 saturated heterocycles. The van der Waals surface area contributed by atoms with Gasteiger partial charge in [-0.3, -0.25) is 14.6 Å². The third kappa shape index (κ3) is 13.7. The lowest BCUT2D eigenvalue weighted by atomic mass is 10.0. The Labute approximate surface area is 230 Å². The van der Waals surface area contributed by atoms with E-state index in [2.05, 4.69) is 23.9 Å². The first-order valence-corrected chi connectivity index (χ1v) is 12.2. The first kappa shape index (κ1) is 32.0. The number of terminal acetylenes is 1. The minimum atomic E-state index is -0.828. The van der Waals surface area contributed by atoms with Crippen molar-refractivity contribution in [2.24, 2.45) is 5.73 Å². The van der Waals surface area contributed by atoms with Crippen LogP contribution in [-0.2, 0) is 11.2 Å². The normalized spacial score (nSPS) is 9.92. The SMILES string of the molecule is C#C.Cc1cccc(C#N)c1.N[C@H](CCc1ccccc1)CC(=O)O.O=Cc1ccc(-c2cccnc2)cc1. The number of nitriles is 1. The predicted octanol–water partition coefficient (Wildman–Crippen LogP) is 6.10. The molecule has 1 atom stereocenters. The van der Waals surface area contributed by atoms with Gasteiger partial charge in [0.1, 0.15) is 6.29 Å². The zero-order valence-electron chi connectivity index (χ0n) is 22.0. The summed E-state index contributed by atoms with van der Waals surface area (Å²) in [5.74, 6) is -0.828. The predicted molar refractivity (Wildman–Crippen MR) is 156 cm³/mol. The van der Waals surface area contributed by atoms with Crippen LogP contribution in [-0.4, -0.2) is 28.4 Å². The van der Waals surface area contributed by atoms with Gasteiger partial charge >= 0.3 is 5.97 Å². The molecular weight excluding hydrogens is 486 g/mol. The number of aldehydes is 1. The van der Waals surface area contributed by atoms with E-state index in [4.69, 9.17) is 16.1 Å². The second-order valence-corrected chi connectivity index (χ2v) is 8.35. The van der Waals surface area contributed by atoms with Gasteiger partial charge in [0.25, 0.3) is 0 Å². The fourth-order valence-corrected chi connectivity index (χ4v) is 3.33. The topological polar surface area (TPSA) is 117 Å². The summed E-state index contributed by atoms with van der Waals surface area (Å²) in [6.07, 6.45) is 14.0. The molecule has 0 unspecified atom stereocenters. The number of aliphatic carboxylic acids is 1. The van der Waals surface area contributed by atoms with Crippen molar-refractivity contribution in [2.45, 2.75) is 32.2 Å². The van der Waals surface area contributed by atoms with E-state index in [0.29, 0.717) is 5.56 Å². The van der Waals surface area contributed by atoms with Gasteiger partial charge in [-0.2, -0.15) is 5.26 Å². The molecule has 4 rings (SSSR count). The van der Waals surface area contributed by atoms with Crippen molar-refractivity contribution in [1.82, 2.24) is 4.98 Å². The molecule has 198 valence electrons. The van der Waals surface area contributed by atoms with E-state index >= 15 is 0 Å². The summed E-state index contributed by atoms with van der Waals surface area (Å²) < 4.78 is 0. The average molecular weight is 520 g/mol. The highest BCUT2D eigenvalue weighted by atomic mass is 16.4. The minimum absolute atomic E-state index is 0.0484. The molecule has 0 aliphatic carbocycles. The van der Waals surface area contributed by atoms with Crippen LogP contribution in [0.3, 0.4) is 0 Å². The number of hydrogen-bond donors (Lipinski definition) is 2. The van der Waals surface area contributed by atoms with E-state index in [0.717, 1.165) is 41.4 Å². The van der Waals surface area contributed by atoms with E-state index in [9.17, 15) is 9.59 Å². The van der Waals surface area contributed by atoms with Crippen LogP contribution in [0.2, 0.25) is 0 Å². The van der Waals surface area contributed by atoms with Crippen molar-refractivity contribution in [3.8, 4) is 30.0 Å². The average Bonchev–Trinajstić information content (AvgIpc) is 2.98. The summed E-state index contributed by atoms with van der Waals surface area (Å²) in [6.45, 7) is 1.97. The number of carboxylic acids is 1. The van der Waals surface area contributed by atoms with Crippen molar-refractivity contribution in [2.75, 3.05) is 0 Å². The van der Waals surface area contributed by atoms with Crippen LogP contribution in [0.4, 0.5) is 0 Å². The second kappa shape index (κ2) is 19.1. The lowest BCUT2D eigenvalue weighted by Gasteiger charge is -2.08. The molecule has 0 saturated carbocycles. The molecule has 0 aliphatic rings. The molecule has 1 aromatic heterocycles. The molecule has 0 bridgehead atoms. The molecule has 4 aromatic rings. The van der Waals surface area contributed by atoms with Gasteiger partial charge in [0.05, 0.1) is 18.1 Å². The maximum atomic E-state index is 10.4. The molecule has 3 N–H and O–H groups in total. The molecule has 0 fully saturated rings. The summed E-state index contributed by atoms with van der Waals surface area (Å²) in [7, 11) is 0. The van der Waals surface area contributed by atoms with Gasteiger partial charge in [-0.15, -0.1) is 12.8 Å². The molecule has 0 radical (unpaired) electrons. The molecular formula is C33H33N3O3. The number of carbonyl (C=O) groups is 2. The molecule has 0 aliphatic heterocycles. The van der Waals surface area contributed by atoms with Gasteiger partial charge < -0.3 is 10.8 Å². The van der Waals surface area contributed by atoms with E-state index in [1.165, 1.54) is 5.56 Å². The van der Waals surface area contributed by atoms with Gasteiger partial charge in [-0.05, 0) is 60.2 Å². The Kier molecular flexibility index (Phi) is 15.7. The number of hydrogen-bond acceptors (Lipinski definition) is 5.